The fraction of sp³-hybridized carbons (Fsp3) is 0.194. The highest BCUT2D eigenvalue weighted by atomic mass is 16.7. The van der Waals surface area contributed by atoms with Crippen molar-refractivity contribution in [1.29, 1.82) is 0 Å². The number of pyridine rings is 1. The lowest BCUT2D eigenvalue weighted by molar-refractivity contribution is -0.149. The van der Waals surface area contributed by atoms with Crippen molar-refractivity contribution in [2.45, 2.75) is 33.2 Å². The molecule has 0 bridgehead atoms. The van der Waals surface area contributed by atoms with Crippen molar-refractivity contribution < 1.29 is 23.9 Å². The fourth-order valence-corrected chi connectivity index (χ4v) is 4.18. The number of amides is 2. The van der Waals surface area contributed by atoms with Crippen LogP contribution in [0.4, 0.5) is 0 Å². The van der Waals surface area contributed by atoms with Crippen LogP contribution in [0.3, 0.4) is 0 Å². The Labute approximate surface area is 221 Å². The number of aromatic nitrogens is 1. The Hall–Kier alpha value is -4.49. The average molecular weight is 509 g/mol. The molecule has 0 saturated heterocycles. The lowest BCUT2D eigenvalue weighted by atomic mass is 10.0. The smallest absolute Gasteiger partial charge is 0.285 e. The number of ether oxygens (including phenoxy) is 2. The van der Waals surface area contributed by atoms with Crippen molar-refractivity contribution >= 4 is 11.8 Å². The summed E-state index contributed by atoms with van der Waals surface area (Å²) in [7, 11) is 0. The molecule has 1 atom stereocenters. The van der Waals surface area contributed by atoms with Gasteiger partial charge in [0.2, 0.25) is 0 Å². The molecule has 2 amide bonds. The number of benzene rings is 3. The number of carbonyl (C=O) groups excluding carboxylic acids is 2. The molecule has 1 unspecified atom stereocenters. The van der Waals surface area contributed by atoms with Gasteiger partial charge in [-0.1, -0.05) is 86.6 Å². The summed E-state index contributed by atoms with van der Waals surface area (Å²) < 4.78 is 12.2. The minimum Gasteiger partial charge on any atom is -0.485 e. The van der Waals surface area contributed by atoms with Gasteiger partial charge in [-0.05, 0) is 29.2 Å². The van der Waals surface area contributed by atoms with Crippen molar-refractivity contribution in [3.05, 3.63) is 125 Å². The summed E-state index contributed by atoms with van der Waals surface area (Å²) in [5.41, 5.74) is 3.18. The lowest BCUT2D eigenvalue weighted by Gasteiger charge is -2.25. The zero-order valence-corrected chi connectivity index (χ0v) is 21.2. The number of hydrogen-bond acceptors (Lipinski definition) is 6. The predicted octanol–water partition coefficient (Wildman–Crippen LogP) is 6.16. The van der Waals surface area contributed by atoms with Crippen LogP contribution in [0.5, 0.6) is 11.5 Å². The van der Waals surface area contributed by atoms with E-state index < -0.39 is 17.9 Å². The molecule has 2 heterocycles. The molecule has 0 fully saturated rings. The molecule has 38 heavy (non-hydrogen) atoms. The van der Waals surface area contributed by atoms with Crippen LogP contribution in [0.15, 0.2) is 97.2 Å². The first-order valence-electron chi connectivity index (χ1n) is 12.5. The van der Waals surface area contributed by atoms with Crippen molar-refractivity contribution in [3.63, 3.8) is 0 Å². The van der Waals surface area contributed by atoms with E-state index in [-0.39, 0.29) is 5.92 Å². The van der Waals surface area contributed by atoms with Crippen LogP contribution in [0.25, 0.3) is 0 Å². The molecule has 7 heteroatoms. The normalized spacial score (nSPS) is 13.5. The number of imide groups is 1. The fourth-order valence-electron chi connectivity index (χ4n) is 4.18. The minimum atomic E-state index is -0.681. The molecule has 0 radical (unpaired) electrons. The predicted molar refractivity (Wildman–Crippen MR) is 141 cm³/mol. The number of rotatable bonds is 10. The van der Waals surface area contributed by atoms with Crippen molar-refractivity contribution in [3.8, 4) is 11.5 Å². The van der Waals surface area contributed by atoms with Gasteiger partial charge in [0, 0.05) is 6.07 Å². The summed E-state index contributed by atoms with van der Waals surface area (Å²) in [4.78, 5) is 36.4. The number of fused-ring (bicyclic) bond motifs is 1. The number of nitrogens with zero attached hydrogens (tertiary/aromatic N) is 2. The third kappa shape index (κ3) is 5.43. The van der Waals surface area contributed by atoms with Gasteiger partial charge in [0.15, 0.2) is 11.5 Å². The molecular formula is C31H28N2O5. The Morgan fingerprint density at radius 2 is 1.21 bits per heavy atom. The topological polar surface area (TPSA) is 78.0 Å². The lowest BCUT2D eigenvalue weighted by Crippen LogP contribution is -2.33. The summed E-state index contributed by atoms with van der Waals surface area (Å²) in [6, 6.07) is 28.1. The van der Waals surface area contributed by atoms with Gasteiger partial charge in [0.1, 0.15) is 19.3 Å². The van der Waals surface area contributed by atoms with E-state index in [1.807, 2.05) is 74.5 Å². The van der Waals surface area contributed by atoms with Gasteiger partial charge in [-0.15, -0.1) is 5.06 Å². The summed E-state index contributed by atoms with van der Waals surface area (Å²) in [5.74, 6) is -0.104. The standard InChI is InChI=1S/C31H28N2O5/c1-21(2)29(38-33-30(34)24-15-9-10-16-25(24)31(33)35)26-17-27(36-19-22-11-5-3-6-12-22)28(18-32-26)37-20-23-13-7-4-8-14-23/h3-18,21,29H,19-20H2,1-2H3. The number of hydroxylamine groups is 2. The Balaban J connectivity index is 1.41. The molecule has 0 aliphatic carbocycles. The Morgan fingerprint density at radius 3 is 1.74 bits per heavy atom. The molecular weight excluding hydrogens is 480 g/mol. The van der Waals surface area contributed by atoms with Crippen LogP contribution in [0.2, 0.25) is 0 Å². The quantitative estimate of drug-likeness (QED) is 0.239. The second-order valence-electron chi connectivity index (χ2n) is 9.32. The van der Waals surface area contributed by atoms with E-state index in [9.17, 15) is 9.59 Å². The molecule has 4 aromatic rings. The van der Waals surface area contributed by atoms with Gasteiger partial charge in [-0.3, -0.25) is 19.4 Å². The summed E-state index contributed by atoms with van der Waals surface area (Å²) in [5, 5.41) is 0.835. The molecule has 1 aromatic heterocycles. The van der Waals surface area contributed by atoms with Crippen LogP contribution in [-0.2, 0) is 18.1 Å². The van der Waals surface area contributed by atoms with E-state index in [0.29, 0.717) is 41.5 Å². The Bertz CT molecular complexity index is 1390. The Kier molecular flexibility index (Phi) is 7.47. The number of carbonyl (C=O) groups is 2. The molecule has 1 aliphatic rings. The van der Waals surface area contributed by atoms with Crippen LogP contribution in [0, 0.1) is 5.92 Å². The van der Waals surface area contributed by atoms with E-state index in [1.165, 1.54) is 0 Å². The largest absolute Gasteiger partial charge is 0.485 e. The van der Waals surface area contributed by atoms with Crippen molar-refractivity contribution in [1.82, 2.24) is 10.0 Å². The monoisotopic (exact) mass is 508 g/mol. The maximum Gasteiger partial charge on any atom is 0.285 e. The maximum absolute atomic E-state index is 12.9. The third-order valence-corrected chi connectivity index (χ3v) is 6.20. The second kappa shape index (κ2) is 11.3. The molecule has 3 aromatic carbocycles. The van der Waals surface area contributed by atoms with E-state index in [1.54, 1.807) is 36.5 Å². The van der Waals surface area contributed by atoms with Crippen molar-refractivity contribution in [2.24, 2.45) is 5.92 Å². The first-order chi connectivity index (χ1) is 18.5. The zero-order valence-electron chi connectivity index (χ0n) is 21.2. The first-order valence-corrected chi connectivity index (χ1v) is 12.5. The van der Waals surface area contributed by atoms with E-state index in [0.717, 1.165) is 16.2 Å². The molecule has 192 valence electrons. The van der Waals surface area contributed by atoms with Gasteiger partial charge in [-0.25, -0.2) is 0 Å². The van der Waals surface area contributed by atoms with Gasteiger partial charge in [0.05, 0.1) is 23.0 Å². The minimum absolute atomic E-state index is 0.107. The highest BCUT2D eigenvalue weighted by Gasteiger charge is 2.39. The second-order valence-corrected chi connectivity index (χ2v) is 9.32. The highest BCUT2D eigenvalue weighted by molar-refractivity contribution is 6.20. The highest BCUT2D eigenvalue weighted by Crippen LogP contribution is 2.35. The maximum atomic E-state index is 12.9. The van der Waals surface area contributed by atoms with Gasteiger partial charge >= 0.3 is 0 Å². The molecule has 0 spiro atoms. The molecule has 0 saturated carbocycles. The van der Waals surface area contributed by atoms with E-state index >= 15 is 0 Å². The van der Waals surface area contributed by atoms with Gasteiger partial charge in [-0.2, -0.15) is 0 Å². The number of hydrogen-bond donors (Lipinski definition) is 0. The molecule has 5 rings (SSSR count). The van der Waals surface area contributed by atoms with E-state index in [4.69, 9.17) is 14.3 Å². The van der Waals surface area contributed by atoms with E-state index in [2.05, 4.69) is 4.98 Å². The summed E-state index contributed by atoms with van der Waals surface area (Å²) in [6.45, 7) is 4.56. The molecule has 1 aliphatic heterocycles. The average Bonchev–Trinajstić information content (AvgIpc) is 3.19. The van der Waals surface area contributed by atoms with Crippen molar-refractivity contribution in [2.75, 3.05) is 0 Å². The Morgan fingerprint density at radius 1 is 0.711 bits per heavy atom. The SMILES string of the molecule is CC(C)C(ON1C(=O)c2ccccc2C1=O)c1cc(OCc2ccccc2)c(OCc2ccccc2)cn1. The summed E-state index contributed by atoms with van der Waals surface area (Å²) >= 11 is 0. The van der Waals surface area contributed by atoms with Crippen LogP contribution < -0.4 is 9.47 Å². The molecule has 7 nitrogen and oxygen atoms in total. The first kappa shape index (κ1) is 25.2. The van der Waals surface area contributed by atoms with Crippen LogP contribution in [0.1, 0.15) is 57.5 Å². The van der Waals surface area contributed by atoms with Crippen LogP contribution in [-0.4, -0.2) is 21.9 Å². The molecule has 0 N–H and O–H groups in total. The third-order valence-electron chi connectivity index (χ3n) is 6.20. The van der Waals surface area contributed by atoms with Gasteiger partial charge in [0.25, 0.3) is 11.8 Å². The zero-order chi connectivity index (χ0) is 26.5. The van der Waals surface area contributed by atoms with Gasteiger partial charge < -0.3 is 9.47 Å². The van der Waals surface area contributed by atoms with Crippen LogP contribution >= 0.6 is 0 Å². The summed E-state index contributed by atoms with van der Waals surface area (Å²) in [6.07, 6.45) is 0.916.